The van der Waals surface area contributed by atoms with Crippen molar-refractivity contribution < 1.29 is 9.90 Å². The number of carboxylic acid groups (broad SMARTS) is 1. The zero-order chi connectivity index (χ0) is 16.0. The fourth-order valence-corrected chi connectivity index (χ4v) is 3.96. The zero-order valence-electron chi connectivity index (χ0n) is 12.4. The predicted octanol–water partition coefficient (Wildman–Crippen LogP) is 4.86. The van der Waals surface area contributed by atoms with Crippen LogP contribution in [0.2, 0.25) is 5.02 Å². The van der Waals surface area contributed by atoms with Crippen molar-refractivity contribution in [2.45, 2.75) is 18.4 Å². The number of hydrogen-bond acceptors (Lipinski definition) is 2. The Balaban J connectivity index is 1.79. The molecule has 0 bridgehead atoms. The van der Waals surface area contributed by atoms with E-state index in [0.717, 1.165) is 22.7 Å². The van der Waals surface area contributed by atoms with E-state index in [1.54, 1.807) is 12.1 Å². The van der Waals surface area contributed by atoms with Gasteiger partial charge >= 0.3 is 5.97 Å². The van der Waals surface area contributed by atoms with Crippen molar-refractivity contribution in [2.75, 3.05) is 5.32 Å². The van der Waals surface area contributed by atoms with Crippen molar-refractivity contribution in [1.29, 1.82) is 0 Å². The average Bonchev–Trinajstić information content (AvgIpc) is 3.03. The molecule has 1 aliphatic carbocycles. The van der Waals surface area contributed by atoms with Gasteiger partial charge in [0, 0.05) is 16.6 Å². The second-order valence-electron chi connectivity index (χ2n) is 6.14. The molecule has 1 aliphatic heterocycles. The van der Waals surface area contributed by atoms with Crippen molar-refractivity contribution >= 4 is 23.3 Å². The first-order valence-corrected chi connectivity index (χ1v) is 8.07. The molecule has 4 heteroatoms. The van der Waals surface area contributed by atoms with Gasteiger partial charge in [-0.25, -0.2) is 4.79 Å². The molecule has 116 valence electrons. The lowest BCUT2D eigenvalue weighted by molar-refractivity contribution is 0.0696. The molecule has 3 atom stereocenters. The van der Waals surface area contributed by atoms with Gasteiger partial charge in [0.05, 0.1) is 11.6 Å². The molecule has 2 N–H and O–H groups in total. The molecule has 0 radical (unpaired) electrons. The van der Waals surface area contributed by atoms with Crippen molar-refractivity contribution in [3.05, 3.63) is 76.3 Å². The minimum absolute atomic E-state index is 0.178. The second-order valence-corrected chi connectivity index (χ2v) is 6.57. The number of carboxylic acids is 1. The minimum atomic E-state index is -0.886. The Kier molecular flexibility index (Phi) is 3.38. The third-order valence-corrected chi connectivity index (χ3v) is 5.05. The number of fused-ring (bicyclic) bond motifs is 3. The number of nitrogens with one attached hydrogen (secondary N) is 1. The van der Waals surface area contributed by atoms with Gasteiger partial charge in [-0.15, -0.1) is 0 Å². The smallest absolute Gasteiger partial charge is 0.335 e. The summed E-state index contributed by atoms with van der Waals surface area (Å²) in [5.41, 5.74) is 3.59. The van der Waals surface area contributed by atoms with E-state index in [1.165, 1.54) is 5.56 Å². The maximum atomic E-state index is 11.2. The van der Waals surface area contributed by atoms with Gasteiger partial charge in [-0.05, 0) is 53.8 Å². The Hall–Kier alpha value is -2.26. The van der Waals surface area contributed by atoms with Gasteiger partial charge in [0.2, 0.25) is 0 Å². The Morgan fingerprint density at radius 3 is 2.87 bits per heavy atom. The lowest BCUT2D eigenvalue weighted by Gasteiger charge is -2.37. The lowest BCUT2D eigenvalue weighted by atomic mass is 9.76. The van der Waals surface area contributed by atoms with Crippen LogP contribution in [0.5, 0.6) is 0 Å². The topological polar surface area (TPSA) is 49.3 Å². The summed E-state index contributed by atoms with van der Waals surface area (Å²) >= 11 is 6.15. The number of benzene rings is 2. The van der Waals surface area contributed by atoms with Gasteiger partial charge in [0.15, 0.2) is 0 Å². The highest BCUT2D eigenvalue weighted by atomic mass is 35.5. The summed E-state index contributed by atoms with van der Waals surface area (Å²) in [6.07, 6.45) is 5.37. The third kappa shape index (κ3) is 2.41. The van der Waals surface area contributed by atoms with Gasteiger partial charge in [0.25, 0.3) is 0 Å². The van der Waals surface area contributed by atoms with Crippen LogP contribution >= 0.6 is 11.6 Å². The quantitative estimate of drug-likeness (QED) is 0.775. The molecule has 2 aromatic carbocycles. The average molecular weight is 326 g/mol. The molecule has 0 saturated carbocycles. The van der Waals surface area contributed by atoms with Gasteiger partial charge in [-0.3, -0.25) is 0 Å². The van der Waals surface area contributed by atoms with Crippen LogP contribution in [0, 0.1) is 5.92 Å². The summed E-state index contributed by atoms with van der Waals surface area (Å²) in [6.45, 7) is 0. The number of allylic oxidation sites excluding steroid dienone is 2. The van der Waals surface area contributed by atoms with Gasteiger partial charge in [0.1, 0.15) is 0 Å². The number of hydrogen-bond donors (Lipinski definition) is 2. The molecule has 1 heterocycles. The number of aromatic carboxylic acids is 1. The summed E-state index contributed by atoms with van der Waals surface area (Å²) in [5, 5.41) is 13.6. The Morgan fingerprint density at radius 2 is 2.09 bits per heavy atom. The standard InChI is InChI=1S/C19H16ClNO2/c20-13-4-1-3-11(9-13)18-15-6-2-5-14(15)16-10-12(19(22)23)7-8-17(16)21-18/h1-5,7-10,14-15,18,21H,6H2,(H,22,23)/t14-,15-,18-/m1/s1. The van der Waals surface area contributed by atoms with Crippen LogP contribution in [0.15, 0.2) is 54.6 Å². The van der Waals surface area contributed by atoms with Crippen LogP contribution in [0.1, 0.15) is 39.9 Å². The van der Waals surface area contributed by atoms with Crippen molar-refractivity contribution in [3.8, 4) is 0 Å². The van der Waals surface area contributed by atoms with E-state index in [9.17, 15) is 9.90 Å². The molecule has 0 spiro atoms. The zero-order valence-corrected chi connectivity index (χ0v) is 13.1. The van der Waals surface area contributed by atoms with Crippen molar-refractivity contribution in [3.63, 3.8) is 0 Å². The minimum Gasteiger partial charge on any atom is -0.478 e. The molecular formula is C19H16ClNO2. The molecule has 4 rings (SSSR count). The number of anilines is 1. The number of halogens is 1. The largest absolute Gasteiger partial charge is 0.478 e. The van der Waals surface area contributed by atoms with Crippen LogP contribution in [0.4, 0.5) is 5.69 Å². The Bertz CT molecular complexity index is 815. The Morgan fingerprint density at radius 1 is 1.22 bits per heavy atom. The fourth-order valence-electron chi connectivity index (χ4n) is 3.76. The Labute approximate surface area is 139 Å². The molecule has 3 nitrogen and oxygen atoms in total. The molecule has 0 aromatic heterocycles. The highest BCUT2D eigenvalue weighted by Gasteiger charge is 2.38. The maximum Gasteiger partial charge on any atom is 0.335 e. The first-order chi connectivity index (χ1) is 11.1. The van der Waals surface area contributed by atoms with Crippen LogP contribution in [-0.2, 0) is 0 Å². The second kappa shape index (κ2) is 5.43. The molecular weight excluding hydrogens is 310 g/mol. The van der Waals surface area contributed by atoms with E-state index in [1.807, 2.05) is 24.3 Å². The van der Waals surface area contributed by atoms with Crippen LogP contribution in [0.25, 0.3) is 0 Å². The fraction of sp³-hybridized carbons (Fsp3) is 0.211. The first-order valence-electron chi connectivity index (χ1n) is 7.69. The number of rotatable bonds is 2. The monoisotopic (exact) mass is 325 g/mol. The highest BCUT2D eigenvalue weighted by molar-refractivity contribution is 6.30. The maximum absolute atomic E-state index is 11.2. The van der Waals surface area contributed by atoms with Gasteiger partial charge < -0.3 is 10.4 Å². The van der Waals surface area contributed by atoms with Crippen molar-refractivity contribution in [2.24, 2.45) is 5.92 Å². The van der Waals surface area contributed by atoms with E-state index < -0.39 is 5.97 Å². The highest BCUT2D eigenvalue weighted by Crippen LogP contribution is 2.50. The van der Waals surface area contributed by atoms with Gasteiger partial charge in [-0.2, -0.15) is 0 Å². The summed E-state index contributed by atoms with van der Waals surface area (Å²) < 4.78 is 0. The molecule has 0 fully saturated rings. The number of carbonyl (C=O) groups is 1. The van der Waals surface area contributed by atoms with E-state index >= 15 is 0 Å². The van der Waals surface area contributed by atoms with Crippen LogP contribution in [-0.4, -0.2) is 11.1 Å². The molecule has 2 aliphatic rings. The van der Waals surface area contributed by atoms with Gasteiger partial charge in [-0.1, -0.05) is 35.9 Å². The molecule has 0 saturated heterocycles. The van der Waals surface area contributed by atoms with E-state index in [0.29, 0.717) is 11.5 Å². The summed E-state index contributed by atoms with van der Waals surface area (Å²) in [5.74, 6) is -0.261. The first kappa shape index (κ1) is 14.3. The lowest BCUT2D eigenvalue weighted by Crippen LogP contribution is -2.29. The van der Waals surface area contributed by atoms with Crippen LogP contribution in [0.3, 0.4) is 0 Å². The third-order valence-electron chi connectivity index (χ3n) is 4.82. The normalized spacial score (nSPS) is 24.7. The molecule has 0 amide bonds. The van der Waals surface area contributed by atoms with Crippen LogP contribution < -0.4 is 5.32 Å². The van der Waals surface area contributed by atoms with Crippen molar-refractivity contribution in [1.82, 2.24) is 0 Å². The summed E-state index contributed by atoms with van der Waals surface area (Å²) in [6, 6.07) is 13.5. The molecule has 23 heavy (non-hydrogen) atoms. The van der Waals surface area contributed by atoms with E-state index in [-0.39, 0.29) is 12.0 Å². The summed E-state index contributed by atoms with van der Waals surface area (Å²) in [7, 11) is 0. The summed E-state index contributed by atoms with van der Waals surface area (Å²) in [4.78, 5) is 11.2. The molecule has 0 unspecified atom stereocenters. The SMILES string of the molecule is O=C(O)c1ccc2c(c1)[C@@H]1C=CC[C@H]1[C@@H](c1cccc(Cl)c1)N2. The predicted molar refractivity (Wildman–Crippen MR) is 91.2 cm³/mol. The van der Waals surface area contributed by atoms with E-state index in [4.69, 9.17) is 11.6 Å². The molecule has 2 aromatic rings. The van der Waals surface area contributed by atoms with E-state index in [2.05, 4.69) is 23.5 Å².